The lowest BCUT2D eigenvalue weighted by atomic mass is 9.78. The maximum Gasteiger partial charge on any atom is 0.241 e. The van der Waals surface area contributed by atoms with Crippen molar-refractivity contribution in [2.45, 2.75) is 50.4 Å². The van der Waals surface area contributed by atoms with E-state index in [9.17, 15) is 9.18 Å². The lowest BCUT2D eigenvalue weighted by Crippen LogP contribution is -2.53. The summed E-state index contributed by atoms with van der Waals surface area (Å²) in [6, 6.07) is 0.587. The van der Waals surface area contributed by atoms with Gasteiger partial charge in [0, 0.05) is 11.8 Å². The standard InChI is InChI=1S/C14H20FN3O/c1-2-14(5-3-4-6-14)12(17)13(19)18-9-10(15)7-11(18)8-16/h2,10-12H,1,3-7,9,17H2/t10-,11-,12+/m0/s1. The number of amides is 1. The van der Waals surface area contributed by atoms with Crippen molar-refractivity contribution in [1.29, 1.82) is 5.26 Å². The molecule has 1 saturated carbocycles. The van der Waals surface area contributed by atoms with Crippen molar-refractivity contribution in [1.82, 2.24) is 4.90 Å². The Morgan fingerprint density at radius 2 is 2.21 bits per heavy atom. The molecule has 0 radical (unpaired) electrons. The van der Waals surface area contributed by atoms with Crippen molar-refractivity contribution < 1.29 is 9.18 Å². The summed E-state index contributed by atoms with van der Waals surface area (Å²) in [5.41, 5.74) is 5.73. The Balaban J connectivity index is 2.15. The highest BCUT2D eigenvalue weighted by Gasteiger charge is 2.45. The summed E-state index contributed by atoms with van der Waals surface area (Å²) in [6.45, 7) is 3.79. The van der Waals surface area contributed by atoms with Crippen LogP contribution in [0.2, 0.25) is 0 Å². The van der Waals surface area contributed by atoms with E-state index in [4.69, 9.17) is 11.0 Å². The highest BCUT2D eigenvalue weighted by Crippen LogP contribution is 2.42. The van der Waals surface area contributed by atoms with Crippen LogP contribution >= 0.6 is 0 Å². The molecule has 19 heavy (non-hydrogen) atoms. The minimum absolute atomic E-state index is 0.0159. The van der Waals surface area contributed by atoms with Gasteiger partial charge in [-0.2, -0.15) is 5.26 Å². The molecule has 1 saturated heterocycles. The summed E-state index contributed by atoms with van der Waals surface area (Å²) in [7, 11) is 0. The molecule has 2 fully saturated rings. The third-order valence-corrected chi connectivity index (χ3v) is 4.51. The van der Waals surface area contributed by atoms with Gasteiger partial charge in [-0.05, 0) is 12.8 Å². The molecular formula is C14H20FN3O. The zero-order valence-corrected chi connectivity index (χ0v) is 11.0. The third-order valence-electron chi connectivity index (χ3n) is 4.51. The van der Waals surface area contributed by atoms with E-state index in [0.29, 0.717) is 0 Å². The Bertz CT molecular complexity index is 411. The number of alkyl halides is 1. The van der Waals surface area contributed by atoms with Crippen LogP contribution in [-0.2, 0) is 4.79 Å². The highest BCUT2D eigenvalue weighted by atomic mass is 19.1. The van der Waals surface area contributed by atoms with E-state index in [0.717, 1.165) is 25.7 Å². The number of likely N-dealkylation sites (tertiary alicyclic amines) is 1. The number of carbonyl (C=O) groups is 1. The number of nitriles is 1. The fraction of sp³-hybridized carbons (Fsp3) is 0.714. The van der Waals surface area contributed by atoms with Crippen LogP contribution in [0.5, 0.6) is 0 Å². The molecule has 5 heteroatoms. The van der Waals surface area contributed by atoms with E-state index < -0.39 is 18.3 Å². The average Bonchev–Trinajstić information content (AvgIpc) is 3.03. The van der Waals surface area contributed by atoms with Gasteiger partial charge in [0.15, 0.2) is 0 Å². The molecule has 1 aliphatic heterocycles. The summed E-state index contributed by atoms with van der Waals surface area (Å²) >= 11 is 0. The van der Waals surface area contributed by atoms with Crippen molar-refractivity contribution >= 4 is 5.91 Å². The first kappa shape index (κ1) is 14.0. The van der Waals surface area contributed by atoms with Gasteiger partial charge >= 0.3 is 0 Å². The number of nitrogens with zero attached hydrogens (tertiary/aromatic N) is 2. The molecule has 4 nitrogen and oxygen atoms in total. The quantitative estimate of drug-likeness (QED) is 0.787. The Morgan fingerprint density at radius 3 is 2.74 bits per heavy atom. The first-order valence-corrected chi connectivity index (χ1v) is 6.77. The van der Waals surface area contributed by atoms with Gasteiger partial charge in [0.1, 0.15) is 12.2 Å². The molecule has 1 aliphatic carbocycles. The fourth-order valence-corrected chi connectivity index (χ4v) is 3.25. The largest absolute Gasteiger partial charge is 0.322 e. The Labute approximate surface area is 113 Å². The van der Waals surface area contributed by atoms with Gasteiger partial charge in [0.25, 0.3) is 0 Å². The van der Waals surface area contributed by atoms with Crippen molar-refractivity contribution in [3.8, 4) is 6.07 Å². The molecule has 2 N–H and O–H groups in total. The number of hydrogen-bond donors (Lipinski definition) is 1. The van der Waals surface area contributed by atoms with E-state index >= 15 is 0 Å². The van der Waals surface area contributed by atoms with Gasteiger partial charge in [0.2, 0.25) is 5.91 Å². The van der Waals surface area contributed by atoms with E-state index in [1.807, 2.05) is 6.07 Å². The molecule has 0 aromatic rings. The Hall–Kier alpha value is -1.41. The SMILES string of the molecule is C=CC1([C@H](N)C(=O)N2C[C@@H](F)C[C@H]2C#N)CCCC1. The maximum atomic E-state index is 13.4. The molecule has 1 amide bonds. The Morgan fingerprint density at radius 1 is 1.58 bits per heavy atom. The topological polar surface area (TPSA) is 70.1 Å². The lowest BCUT2D eigenvalue weighted by molar-refractivity contribution is -0.135. The van der Waals surface area contributed by atoms with Gasteiger partial charge in [-0.15, -0.1) is 6.58 Å². The molecule has 104 valence electrons. The summed E-state index contributed by atoms with van der Waals surface area (Å²) < 4.78 is 13.4. The van der Waals surface area contributed by atoms with Gasteiger partial charge in [0.05, 0.1) is 18.7 Å². The fourth-order valence-electron chi connectivity index (χ4n) is 3.25. The number of halogens is 1. The summed E-state index contributed by atoms with van der Waals surface area (Å²) in [6.07, 6.45) is 4.48. The van der Waals surface area contributed by atoms with E-state index in [-0.39, 0.29) is 24.3 Å². The second-order valence-corrected chi connectivity index (χ2v) is 5.59. The molecule has 0 bridgehead atoms. The highest BCUT2D eigenvalue weighted by molar-refractivity contribution is 5.84. The number of carbonyl (C=O) groups excluding carboxylic acids is 1. The molecular weight excluding hydrogens is 245 g/mol. The molecule has 0 spiro atoms. The van der Waals surface area contributed by atoms with Crippen molar-refractivity contribution in [3.63, 3.8) is 0 Å². The van der Waals surface area contributed by atoms with Gasteiger partial charge in [-0.25, -0.2) is 4.39 Å². The molecule has 1 heterocycles. The number of rotatable bonds is 3. The van der Waals surface area contributed by atoms with Crippen LogP contribution in [0, 0.1) is 16.7 Å². The zero-order chi connectivity index (χ0) is 14.0. The molecule has 3 atom stereocenters. The molecule has 0 aromatic heterocycles. The minimum Gasteiger partial charge on any atom is -0.322 e. The second kappa shape index (κ2) is 5.30. The molecule has 2 aliphatic rings. The normalized spacial score (nSPS) is 30.9. The smallest absolute Gasteiger partial charge is 0.241 e. The van der Waals surface area contributed by atoms with Crippen LogP contribution < -0.4 is 5.73 Å². The minimum atomic E-state index is -1.12. The summed E-state index contributed by atoms with van der Waals surface area (Å²) in [4.78, 5) is 13.8. The zero-order valence-electron chi connectivity index (χ0n) is 11.0. The van der Waals surface area contributed by atoms with Crippen LogP contribution in [0.4, 0.5) is 4.39 Å². The summed E-state index contributed by atoms with van der Waals surface area (Å²) in [5, 5.41) is 9.00. The van der Waals surface area contributed by atoms with Crippen molar-refractivity contribution in [2.24, 2.45) is 11.1 Å². The van der Waals surface area contributed by atoms with Crippen LogP contribution in [0.15, 0.2) is 12.7 Å². The number of hydrogen-bond acceptors (Lipinski definition) is 3. The van der Waals surface area contributed by atoms with E-state index in [2.05, 4.69) is 6.58 Å². The van der Waals surface area contributed by atoms with E-state index in [1.165, 1.54) is 4.90 Å². The second-order valence-electron chi connectivity index (χ2n) is 5.59. The first-order chi connectivity index (χ1) is 9.04. The van der Waals surface area contributed by atoms with Crippen LogP contribution in [0.25, 0.3) is 0 Å². The summed E-state index contributed by atoms with van der Waals surface area (Å²) in [5.74, 6) is -0.312. The molecule has 2 rings (SSSR count). The molecule has 0 aromatic carbocycles. The van der Waals surface area contributed by atoms with Crippen LogP contribution in [0.3, 0.4) is 0 Å². The van der Waals surface area contributed by atoms with Crippen molar-refractivity contribution in [3.05, 3.63) is 12.7 Å². The lowest BCUT2D eigenvalue weighted by Gasteiger charge is -2.34. The third kappa shape index (κ3) is 2.37. The predicted molar refractivity (Wildman–Crippen MR) is 69.7 cm³/mol. The first-order valence-electron chi connectivity index (χ1n) is 6.77. The van der Waals surface area contributed by atoms with Gasteiger partial charge in [-0.3, -0.25) is 4.79 Å². The van der Waals surface area contributed by atoms with Gasteiger partial charge in [-0.1, -0.05) is 18.9 Å². The Kier molecular flexibility index (Phi) is 3.91. The monoisotopic (exact) mass is 265 g/mol. The van der Waals surface area contributed by atoms with Crippen LogP contribution in [-0.4, -0.2) is 35.6 Å². The number of nitrogens with two attached hydrogens (primary N) is 1. The maximum absolute atomic E-state index is 13.4. The average molecular weight is 265 g/mol. The predicted octanol–water partition coefficient (Wildman–Crippen LogP) is 1.52. The van der Waals surface area contributed by atoms with Crippen molar-refractivity contribution in [2.75, 3.05) is 6.54 Å². The molecule has 0 unspecified atom stereocenters. The van der Waals surface area contributed by atoms with Gasteiger partial charge < -0.3 is 10.6 Å². The van der Waals surface area contributed by atoms with Crippen LogP contribution in [0.1, 0.15) is 32.1 Å². The van der Waals surface area contributed by atoms with E-state index in [1.54, 1.807) is 6.08 Å².